The van der Waals surface area contributed by atoms with Gasteiger partial charge in [-0.1, -0.05) is 84.3 Å². The molecule has 4 aromatic rings. The van der Waals surface area contributed by atoms with E-state index >= 15 is 0 Å². The Kier molecular flexibility index (Phi) is 14.9. The average Bonchev–Trinajstić information content (AvgIpc) is 3.94. The zero-order valence-electron chi connectivity index (χ0n) is 42.2. The van der Waals surface area contributed by atoms with Crippen LogP contribution in [0.5, 0.6) is 5.75 Å². The number of nitrogens with one attached hydrogen (secondary N) is 3. The van der Waals surface area contributed by atoms with Gasteiger partial charge in [0.25, 0.3) is 5.91 Å². The molecule has 3 aliphatic heterocycles. The molecule has 8 rings (SSSR count). The summed E-state index contributed by atoms with van der Waals surface area (Å²) in [7, 11) is 0. The maximum Gasteiger partial charge on any atom is 0.253 e. The summed E-state index contributed by atoms with van der Waals surface area (Å²) in [6, 6.07) is 16.8. The zero-order valence-corrected chi connectivity index (χ0v) is 43.7. The van der Waals surface area contributed by atoms with Crippen molar-refractivity contribution in [3.63, 3.8) is 0 Å². The van der Waals surface area contributed by atoms with Crippen molar-refractivity contribution in [1.29, 1.82) is 5.26 Å². The molecule has 2 aromatic carbocycles. The van der Waals surface area contributed by atoms with Gasteiger partial charge in [-0.3, -0.25) is 29.0 Å². The molecular weight excluding hydrogens is 940 g/mol. The zero-order chi connectivity index (χ0) is 51.2. The molecule has 4 aliphatic rings. The van der Waals surface area contributed by atoms with Crippen LogP contribution >= 0.6 is 22.9 Å². The molecule has 5 heterocycles. The first-order chi connectivity index (χ1) is 33.5. The van der Waals surface area contributed by atoms with Gasteiger partial charge in [0.15, 0.2) is 0 Å². The fraction of sp³-hybridized carbons (Fsp3) is 0.528. The first-order valence-electron chi connectivity index (χ1n) is 24.5. The van der Waals surface area contributed by atoms with Crippen LogP contribution in [-0.2, 0) is 14.4 Å². The van der Waals surface area contributed by atoms with Crippen molar-refractivity contribution < 1.29 is 29.0 Å². The van der Waals surface area contributed by atoms with Gasteiger partial charge in [0.1, 0.15) is 35.8 Å². The number of thiazole rings is 1. The third-order valence-electron chi connectivity index (χ3n) is 15.0. The molecular formula is C53H67ClN10O6S. The number of aliphatic hydroxyl groups is 1. The fourth-order valence-corrected chi connectivity index (χ4v) is 12.2. The molecule has 2 aromatic heterocycles. The second-order valence-electron chi connectivity index (χ2n) is 22.0. The van der Waals surface area contributed by atoms with Crippen LogP contribution < -0.4 is 25.6 Å². The summed E-state index contributed by atoms with van der Waals surface area (Å²) < 4.78 is 6.38. The van der Waals surface area contributed by atoms with Gasteiger partial charge < -0.3 is 35.6 Å². The molecule has 1 saturated carbocycles. The number of rotatable bonds is 14. The number of nitriles is 1. The lowest BCUT2D eigenvalue weighted by Crippen LogP contribution is -2.74. The minimum Gasteiger partial charge on any atom is -0.489 e. The summed E-state index contributed by atoms with van der Waals surface area (Å²) >= 11 is 7.84. The molecule has 0 unspecified atom stereocenters. The number of anilines is 1. The van der Waals surface area contributed by atoms with Crippen LogP contribution in [0.3, 0.4) is 0 Å². The lowest BCUT2D eigenvalue weighted by Gasteiger charge is -2.63. The van der Waals surface area contributed by atoms with Crippen LogP contribution in [0.15, 0.2) is 66.3 Å². The van der Waals surface area contributed by atoms with E-state index in [1.54, 1.807) is 35.7 Å². The number of β-amino-alcohol motifs (C(OH)–C–C–N with tert-alkyl or cyclic N) is 1. The second-order valence-corrected chi connectivity index (χ2v) is 23.2. The van der Waals surface area contributed by atoms with Gasteiger partial charge in [-0.2, -0.15) is 5.26 Å². The Labute approximate surface area is 426 Å². The number of nitrogens with zero attached hydrogens (tertiary/aromatic N) is 7. The van der Waals surface area contributed by atoms with Gasteiger partial charge in [0, 0.05) is 87.4 Å². The van der Waals surface area contributed by atoms with Gasteiger partial charge in [0.2, 0.25) is 17.7 Å². The highest BCUT2D eigenvalue weighted by atomic mass is 35.5. The van der Waals surface area contributed by atoms with E-state index in [1.165, 1.54) is 4.90 Å². The molecule has 0 radical (unpaired) electrons. The number of benzene rings is 2. The largest absolute Gasteiger partial charge is 0.489 e. The molecule has 3 saturated heterocycles. The first kappa shape index (κ1) is 51.7. The Morgan fingerprint density at radius 1 is 0.958 bits per heavy atom. The quantitative estimate of drug-likeness (QED) is 0.118. The highest BCUT2D eigenvalue weighted by Gasteiger charge is 2.64. The second kappa shape index (κ2) is 20.5. The van der Waals surface area contributed by atoms with Crippen molar-refractivity contribution >= 4 is 52.4 Å². The molecule has 4 fully saturated rings. The van der Waals surface area contributed by atoms with Gasteiger partial charge in [-0.15, -0.1) is 11.3 Å². The van der Waals surface area contributed by atoms with Crippen LogP contribution in [0, 0.1) is 34.5 Å². The van der Waals surface area contributed by atoms with E-state index < -0.39 is 34.4 Å². The van der Waals surface area contributed by atoms with Crippen molar-refractivity contribution in [2.24, 2.45) is 16.2 Å². The minimum atomic E-state index is -0.907. The molecule has 0 bridgehead atoms. The summed E-state index contributed by atoms with van der Waals surface area (Å²) in [5.74, 6) is 0.188. The fourth-order valence-electron chi connectivity index (χ4n) is 11.2. The van der Waals surface area contributed by atoms with Crippen LogP contribution in [0.2, 0.25) is 5.02 Å². The lowest BCUT2D eigenvalue weighted by atomic mass is 9.49. The molecule has 18 heteroatoms. The maximum absolute atomic E-state index is 14.3. The number of halogens is 1. The third kappa shape index (κ3) is 10.9. The van der Waals surface area contributed by atoms with E-state index in [1.807, 2.05) is 76.5 Å². The van der Waals surface area contributed by atoms with E-state index in [2.05, 4.69) is 69.4 Å². The summed E-state index contributed by atoms with van der Waals surface area (Å²) in [4.78, 5) is 73.4. The number of aryl methyl sites for hydroxylation is 1. The normalized spacial score (nSPS) is 23.1. The summed E-state index contributed by atoms with van der Waals surface area (Å²) in [5.41, 5.74) is 4.17. The topological polar surface area (TPSA) is 196 Å². The number of hydrogen-bond donors (Lipinski definition) is 4. The summed E-state index contributed by atoms with van der Waals surface area (Å²) in [6.45, 7) is 22.6. The molecule has 0 spiro atoms. The van der Waals surface area contributed by atoms with E-state index in [9.17, 15) is 29.5 Å². The highest BCUT2D eigenvalue weighted by molar-refractivity contribution is 7.13. The number of piperazine rings is 1. The van der Waals surface area contributed by atoms with Gasteiger partial charge >= 0.3 is 0 Å². The number of ether oxygens (including phenoxy) is 1. The number of likely N-dealkylation sites (tertiary alicyclic amines) is 2. The number of carbonyl (C=O) groups is 4. The monoisotopic (exact) mass is 1010 g/mol. The van der Waals surface area contributed by atoms with Crippen LogP contribution in [0.4, 0.5) is 5.82 Å². The van der Waals surface area contributed by atoms with Crippen molar-refractivity contribution in [2.45, 2.75) is 111 Å². The summed E-state index contributed by atoms with van der Waals surface area (Å²) in [5, 5.41) is 29.6. The number of pyridine rings is 1. The third-order valence-corrected chi connectivity index (χ3v) is 16.3. The number of carbonyl (C=O) groups excluding carboxylic acids is 4. The first-order valence-corrected chi connectivity index (χ1v) is 25.7. The number of hydrogen-bond acceptors (Lipinski definition) is 13. The Hall–Kier alpha value is -5.64. The molecule has 378 valence electrons. The minimum absolute atomic E-state index is 0.00613. The lowest BCUT2D eigenvalue weighted by molar-refractivity contribution is -0.164. The van der Waals surface area contributed by atoms with E-state index in [0.717, 1.165) is 66.8 Å². The average molecular weight is 1010 g/mol. The van der Waals surface area contributed by atoms with Crippen molar-refractivity contribution in [1.82, 2.24) is 40.6 Å². The highest BCUT2D eigenvalue weighted by Crippen LogP contribution is 2.55. The number of aromatic nitrogens is 2. The van der Waals surface area contributed by atoms with Gasteiger partial charge in [0.05, 0.1) is 50.9 Å². The predicted octanol–water partition coefficient (Wildman–Crippen LogP) is 5.83. The smallest absolute Gasteiger partial charge is 0.253 e. The van der Waals surface area contributed by atoms with E-state index in [-0.39, 0.29) is 61.3 Å². The molecule has 71 heavy (non-hydrogen) atoms. The van der Waals surface area contributed by atoms with Crippen molar-refractivity contribution in [2.75, 3.05) is 57.3 Å². The van der Waals surface area contributed by atoms with Crippen molar-refractivity contribution in [3.05, 3.63) is 93.7 Å². The number of aliphatic hydroxyl groups excluding tert-OH is 1. The Morgan fingerprint density at radius 2 is 1.65 bits per heavy atom. The molecule has 4 amide bonds. The SMILES string of the molecule is Cc1ncsc1-c1ccc([C@H](C)NC(=O)[C@@H]2C[C@@H](O)CN2C(=O)[C@@H](NC(=O)CN2CC(N3CCN(c4ccc(C(=O)NC5C(C)(C)C(Oc6ccc(C#N)c(Cl)c6)C5(C)C)cn4)CC3)C2)C(C)(C)C)cc1. The Bertz CT molecular complexity index is 2630. The predicted molar refractivity (Wildman–Crippen MR) is 274 cm³/mol. The Balaban J connectivity index is 0.776. The standard InChI is InChI=1S/C53H67ClN10O6S/c1-31(33-10-12-34(13-11-33)44-32(2)57-30-71-44)58-47(68)41-22-38(65)28-64(41)48(69)45(51(3,4)5)59-43(66)29-61-26-37(27-61)62-18-20-63(21-19-62)42-17-15-36(25-56-42)46(67)60-49-52(6,7)50(53(49,8)9)70-39-16-14-35(24-55)40(54)23-39/h10-17,23,25,30-31,37-38,41,45,49-50,65H,18-22,26-29H2,1-9H3,(H,58,68)(H,59,66)(H,60,67)/t31-,38+,41-,45+,49?,50?/m0/s1. The van der Waals surface area contributed by atoms with Gasteiger partial charge in [-0.05, 0) is 54.7 Å². The van der Waals surface area contributed by atoms with Crippen LogP contribution in [0.25, 0.3) is 10.4 Å². The molecule has 4 atom stereocenters. The molecule has 1 aliphatic carbocycles. The molecule has 4 N–H and O–H groups in total. The Morgan fingerprint density at radius 3 is 2.24 bits per heavy atom. The van der Waals surface area contributed by atoms with Crippen LogP contribution in [-0.4, -0.2) is 142 Å². The number of amides is 4. The molecule has 16 nitrogen and oxygen atoms in total. The van der Waals surface area contributed by atoms with Crippen LogP contribution in [0.1, 0.15) is 95.0 Å². The van der Waals surface area contributed by atoms with Gasteiger partial charge in [-0.25, -0.2) is 9.97 Å². The summed E-state index contributed by atoms with van der Waals surface area (Å²) in [6.07, 6.45) is 0.666. The van der Waals surface area contributed by atoms with E-state index in [4.69, 9.17) is 21.3 Å². The van der Waals surface area contributed by atoms with Crippen molar-refractivity contribution in [3.8, 4) is 22.3 Å². The van der Waals surface area contributed by atoms with E-state index in [0.29, 0.717) is 27.9 Å². The maximum atomic E-state index is 14.3.